The van der Waals surface area contributed by atoms with Crippen molar-refractivity contribution >= 4 is 17.2 Å². The first kappa shape index (κ1) is 15.3. The summed E-state index contributed by atoms with van der Waals surface area (Å²) in [6, 6.07) is 7.72. The van der Waals surface area contributed by atoms with Gasteiger partial charge in [-0.2, -0.15) is 0 Å². The minimum Gasteiger partial charge on any atom is -0.384 e. The predicted molar refractivity (Wildman–Crippen MR) is 85.4 cm³/mol. The summed E-state index contributed by atoms with van der Waals surface area (Å²) in [6.45, 7) is 4.15. The first-order valence-corrected chi connectivity index (χ1v) is 7.52. The van der Waals surface area contributed by atoms with Gasteiger partial charge in [-0.1, -0.05) is 30.0 Å². The first-order valence-electron chi connectivity index (χ1n) is 6.64. The molecule has 2 N–H and O–H groups in total. The second kappa shape index (κ2) is 7.07. The molecule has 0 fully saturated rings. The summed E-state index contributed by atoms with van der Waals surface area (Å²) in [4.78, 5) is 13.3. The molecule has 0 bridgehead atoms. The summed E-state index contributed by atoms with van der Waals surface area (Å²) >= 11 is 1.55. The van der Waals surface area contributed by atoms with Crippen LogP contribution in [0.3, 0.4) is 0 Å². The van der Waals surface area contributed by atoms with E-state index in [0.717, 1.165) is 27.1 Å². The number of aryl methyl sites for hydroxylation is 2. The zero-order valence-corrected chi connectivity index (χ0v) is 12.9. The van der Waals surface area contributed by atoms with Gasteiger partial charge in [-0.3, -0.25) is 4.79 Å². The van der Waals surface area contributed by atoms with Crippen LogP contribution >= 0.6 is 11.3 Å². The van der Waals surface area contributed by atoms with Crippen LogP contribution in [0.25, 0.3) is 0 Å². The second-order valence-electron chi connectivity index (χ2n) is 4.67. The molecule has 0 aliphatic rings. The molecule has 0 spiro atoms. The monoisotopic (exact) mass is 299 g/mol. The third-order valence-corrected chi connectivity index (χ3v) is 4.09. The standard InChI is InChI=1S/C17H17NO2S/c1-12-5-3-6-13(2)16(12)17(20)18-11-15-14(7-4-9-19)8-10-21-15/h3,5-6,8,10,19H,9,11H2,1-2H3,(H,18,20). The number of amides is 1. The lowest BCUT2D eigenvalue weighted by molar-refractivity contribution is 0.0950. The number of rotatable bonds is 3. The van der Waals surface area contributed by atoms with Gasteiger partial charge in [-0.25, -0.2) is 0 Å². The molecule has 0 aliphatic heterocycles. The molecule has 1 amide bonds. The van der Waals surface area contributed by atoms with Gasteiger partial charge in [-0.15, -0.1) is 11.3 Å². The van der Waals surface area contributed by atoms with E-state index in [-0.39, 0.29) is 12.5 Å². The SMILES string of the molecule is Cc1cccc(C)c1C(=O)NCc1sccc1C#CCO. The van der Waals surface area contributed by atoms with Crippen LogP contribution in [0.2, 0.25) is 0 Å². The average molecular weight is 299 g/mol. The summed E-state index contributed by atoms with van der Waals surface area (Å²) < 4.78 is 0. The molecule has 21 heavy (non-hydrogen) atoms. The van der Waals surface area contributed by atoms with Crippen molar-refractivity contribution < 1.29 is 9.90 Å². The summed E-state index contributed by atoms with van der Waals surface area (Å²) in [6.07, 6.45) is 0. The number of nitrogens with one attached hydrogen (secondary N) is 1. The van der Waals surface area contributed by atoms with Crippen molar-refractivity contribution in [2.24, 2.45) is 0 Å². The van der Waals surface area contributed by atoms with Gasteiger partial charge in [0, 0.05) is 16.0 Å². The highest BCUT2D eigenvalue weighted by Gasteiger charge is 2.12. The molecule has 2 rings (SSSR count). The summed E-state index contributed by atoms with van der Waals surface area (Å²) in [5.41, 5.74) is 3.53. The Balaban J connectivity index is 2.10. The third-order valence-electron chi connectivity index (χ3n) is 3.17. The van der Waals surface area contributed by atoms with E-state index in [9.17, 15) is 4.79 Å². The molecule has 0 saturated heterocycles. The van der Waals surface area contributed by atoms with Crippen LogP contribution in [0.4, 0.5) is 0 Å². The number of hydrogen-bond donors (Lipinski definition) is 2. The minimum absolute atomic E-state index is 0.0694. The van der Waals surface area contributed by atoms with Gasteiger partial charge in [0.2, 0.25) is 0 Å². The van der Waals surface area contributed by atoms with Crippen LogP contribution in [0, 0.1) is 25.7 Å². The molecule has 0 radical (unpaired) electrons. The van der Waals surface area contributed by atoms with Gasteiger partial charge < -0.3 is 10.4 Å². The van der Waals surface area contributed by atoms with Crippen molar-refractivity contribution in [3.05, 3.63) is 56.8 Å². The number of thiophene rings is 1. The lowest BCUT2D eigenvalue weighted by atomic mass is 10.0. The third kappa shape index (κ3) is 3.72. The smallest absolute Gasteiger partial charge is 0.252 e. The highest BCUT2D eigenvalue weighted by atomic mass is 32.1. The quantitative estimate of drug-likeness (QED) is 0.856. The Labute approximate surface area is 128 Å². The summed E-state index contributed by atoms with van der Waals surface area (Å²) in [7, 11) is 0. The molecule has 0 saturated carbocycles. The fourth-order valence-electron chi connectivity index (χ4n) is 2.15. The van der Waals surface area contributed by atoms with E-state index >= 15 is 0 Å². The van der Waals surface area contributed by atoms with E-state index in [2.05, 4.69) is 17.2 Å². The van der Waals surface area contributed by atoms with E-state index in [1.165, 1.54) is 0 Å². The van der Waals surface area contributed by atoms with E-state index in [4.69, 9.17) is 5.11 Å². The molecule has 108 valence electrons. The van der Waals surface area contributed by atoms with Crippen LogP contribution in [-0.4, -0.2) is 17.6 Å². The van der Waals surface area contributed by atoms with Crippen molar-refractivity contribution in [3.63, 3.8) is 0 Å². The Morgan fingerprint density at radius 1 is 1.29 bits per heavy atom. The first-order chi connectivity index (χ1) is 10.1. The number of benzene rings is 1. The van der Waals surface area contributed by atoms with Crippen LogP contribution < -0.4 is 5.32 Å². The van der Waals surface area contributed by atoms with Crippen molar-refractivity contribution in [2.75, 3.05) is 6.61 Å². The molecule has 3 nitrogen and oxygen atoms in total. The summed E-state index contributed by atoms with van der Waals surface area (Å²) in [5.74, 6) is 5.45. The number of carbonyl (C=O) groups is 1. The maximum Gasteiger partial charge on any atom is 0.252 e. The Hall–Kier alpha value is -2.09. The Kier molecular flexibility index (Phi) is 5.15. The Bertz CT molecular complexity index is 687. The highest BCUT2D eigenvalue weighted by molar-refractivity contribution is 7.10. The van der Waals surface area contributed by atoms with Crippen molar-refractivity contribution in [1.82, 2.24) is 5.32 Å². The molecule has 1 heterocycles. The normalized spacial score (nSPS) is 9.86. The highest BCUT2D eigenvalue weighted by Crippen LogP contribution is 2.17. The molecule has 1 aromatic carbocycles. The number of aliphatic hydroxyl groups is 1. The second-order valence-corrected chi connectivity index (χ2v) is 5.67. The zero-order chi connectivity index (χ0) is 15.2. The molecule has 2 aromatic rings. The Morgan fingerprint density at radius 2 is 2.00 bits per heavy atom. The largest absolute Gasteiger partial charge is 0.384 e. The molecule has 0 aliphatic carbocycles. The van der Waals surface area contributed by atoms with Gasteiger partial charge in [0.1, 0.15) is 6.61 Å². The fourth-order valence-corrected chi connectivity index (χ4v) is 2.92. The lowest BCUT2D eigenvalue weighted by Gasteiger charge is -2.10. The topological polar surface area (TPSA) is 49.3 Å². The minimum atomic E-state index is -0.163. The molecule has 4 heteroatoms. The van der Waals surface area contributed by atoms with Crippen LogP contribution in [0.1, 0.15) is 31.9 Å². The van der Waals surface area contributed by atoms with E-state index in [0.29, 0.717) is 6.54 Å². The molecule has 0 atom stereocenters. The number of aliphatic hydroxyl groups excluding tert-OH is 1. The predicted octanol–water partition coefficient (Wildman–Crippen LogP) is 2.64. The van der Waals surface area contributed by atoms with Crippen molar-refractivity contribution in [2.45, 2.75) is 20.4 Å². The van der Waals surface area contributed by atoms with Gasteiger partial charge in [0.05, 0.1) is 6.54 Å². The van der Waals surface area contributed by atoms with E-state index in [1.54, 1.807) is 11.3 Å². The molecule has 0 unspecified atom stereocenters. The van der Waals surface area contributed by atoms with Gasteiger partial charge in [0.25, 0.3) is 5.91 Å². The number of hydrogen-bond acceptors (Lipinski definition) is 3. The van der Waals surface area contributed by atoms with E-state index in [1.807, 2.05) is 43.5 Å². The van der Waals surface area contributed by atoms with Crippen LogP contribution in [0.5, 0.6) is 0 Å². The molecular weight excluding hydrogens is 282 g/mol. The Morgan fingerprint density at radius 3 is 2.67 bits per heavy atom. The fraction of sp³-hybridized carbons (Fsp3) is 0.235. The van der Waals surface area contributed by atoms with Gasteiger partial charge >= 0.3 is 0 Å². The van der Waals surface area contributed by atoms with Crippen molar-refractivity contribution in [1.29, 1.82) is 0 Å². The van der Waals surface area contributed by atoms with Crippen molar-refractivity contribution in [3.8, 4) is 11.8 Å². The maximum atomic E-state index is 12.3. The summed E-state index contributed by atoms with van der Waals surface area (Å²) in [5, 5.41) is 13.6. The molecule has 1 aromatic heterocycles. The lowest BCUT2D eigenvalue weighted by Crippen LogP contribution is -2.24. The average Bonchev–Trinajstić information content (AvgIpc) is 2.90. The van der Waals surface area contributed by atoms with E-state index < -0.39 is 0 Å². The van der Waals surface area contributed by atoms with Gasteiger partial charge in [-0.05, 0) is 36.4 Å². The van der Waals surface area contributed by atoms with Gasteiger partial charge in [0.15, 0.2) is 0 Å². The number of carbonyl (C=O) groups excluding carboxylic acids is 1. The maximum absolute atomic E-state index is 12.3. The van der Waals surface area contributed by atoms with Crippen LogP contribution in [0.15, 0.2) is 29.6 Å². The molecular formula is C17H17NO2S. The van der Waals surface area contributed by atoms with Crippen LogP contribution in [-0.2, 0) is 6.54 Å². The zero-order valence-electron chi connectivity index (χ0n) is 12.1.